The summed E-state index contributed by atoms with van der Waals surface area (Å²) >= 11 is 6.88. The molecule has 2 N–H and O–H groups in total. The van der Waals surface area contributed by atoms with E-state index in [1.54, 1.807) is 6.92 Å². The molecule has 98 valence electrons. The Kier molecular flexibility index (Phi) is 4.26. The zero-order chi connectivity index (χ0) is 13.1. The molecule has 0 aliphatic carbocycles. The summed E-state index contributed by atoms with van der Waals surface area (Å²) in [6, 6.07) is 1.48. The van der Waals surface area contributed by atoms with Crippen LogP contribution in [0.25, 0.3) is 0 Å². The third kappa shape index (κ3) is 3.04. The Morgan fingerprint density at radius 1 is 1.72 bits per heavy atom. The van der Waals surface area contributed by atoms with Gasteiger partial charge in [-0.15, -0.1) is 23.4 Å². The van der Waals surface area contributed by atoms with Crippen molar-refractivity contribution in [1.82, 2.24) is 9.55 Å². The molecule has 0 spiro atoms. The highest BCUT2D eigenvalue weighted by Crippen LogP contribution is 2.15. The summed E-state index contributed by atoms with van der Waals surface area (Å²) in [6.07, 6.45) is -0.575. The number of hydrogen-bond acceptors (Lipinski definition) is 6. The van der Waals surface area contributed by atoms with Crippen LogP contribution < -0.4 is 11.0 Å². The van der Waals surface area contributed by atoms with Crippen molar-refractivity contribution >= 4 is 34.4 Å². The Labute approximate surface area is 113 Å². The lowest BCUT2D eigenvalue weighted by molar-refractivity contribution is 0.224. The summed E-state index contributed by atoms with van der Waals surface area (Å²) in [6.45, 7) is 2.13. The minimum Gasteiger partial charge on any atom is -0.391 e. The normalized spacial score (nSPS) is 15.6. The maximum absolute atomic E-state index is 11.8. The molecule has 0 amide bonds. The molecule has 0 saturated heterocycles. The van der Waals surface area contributed by atoms with Gasteiger partial charge in [0.05, 0.1) is 12.6 Å². The zero-order valence-electron chi connectivity index (χ0n) is 9.76. The second kappa shape index (κ2) is 5.73. The molecule has 1 aliphatic rings. The standard InChI is InChI=1S/C10H13ClN4O2S/c1-6-2-9(17)15-4-8(13-14-10(15)12-6)18-5-7(16)3-11/h2,7,16H,3-5H2,1H3,(H,12,14). The number of rotatable bonds is 3. The van der Waals surface area contributed by atoms with E-state index < -0.39 is 6.10 Å². The Bertz CT molecular complexity index is 531. The Morgan fingerprint density at radius 2 is 2.50 bits per heavy atom. The number of thioether (sulfide) groups is 1. The molecule has 18 heavy (non-hydrogen) atoms. The van der Waals surface area contributed by atoms with Gasteiger partial charge in [0.1, 0.15) is 5.04 Å². The molecular formula is C10H13ClN4O2S. The predicted octanol–water partition coefficient (Wildman–Crippen LogP) is 0.624. The molecule has 0 radical (unpaired) electrons. The Balaban J connectivity index is 2.09. The van der Waals surface area contributed by atoms with Gasteiger partial charge in [0.2, 0.25) is 5.95 Å². The summed E-state index contributed by atoms with van der Waals surface area (Å²) in [4.78, 5) is 16.0. The highest BCUT2D eigenvalue weighted by atomic mass is 35.5. The molecule has 1 unspecified atom stereocenters. The van der Waals surface area contributed by atoms with Crippen molar-refractivity contribution in [3.63, 3.8) is 0 Å². The van der Waals surface area contributed by atoms with Gasteiger partial charge in [-0.1, -0.05) is 0 Å². The average molecular weight is 289 g/mol. The molecule has 1 aromatic rings. The molecule has 1 aromatic heterocycles. The lowest BCUT2D eigenvalue weighted by atomic mass is 10.4. The van der Waals surface area contributed by atoms with Crippen LogP contribution >= 0.6 is 23.4 Å². The van der Waals surface area contributed by atoms with E-state index in [2.05, 4.69) is 15.5 Å². The molecule has 8 heteroatoms. The smallest absolute Gasteiger partial charge is 0.255 e. The fraction of sp³-hybridized carbons (Fsp3) is 0.500. The van der Waals surface area contributed by atoms with Crippen molar-refractivity contribution in [2.45, 2.75) is 19.6 Å². The van der Waals surface area contributed by atoms with E-state index in [9.17, 15) is 9.90 Å². The number of hydrogen-bond donors (Lipinski definition) is 2. The number of halogens is 1. The van der Waals surface area contributed by atoms with Crippen LogP contribution in [0.15, 0.2) is 16.0 Å². The van der Waals surface area contributed by atoms with E-state index in [0.29, 0.717) is 23.9 Å². The highest BCUT2D eigenvalue weighted by molar-refractivity contribution is 8.13. The molecule has 2 rings (SSSR count). The second-order valence-corrected chi connectivity index (χ2v) is 5.28. The molecular weight excluding hydrogens is 276 g/mol. The first-order valence-corrected chi connectivity index (χ1v) is 6.90. The van der Waals surface area contributed by atoms with Crippen LogP contribution in [0, 0.1) is 6.92 Å². The molecule has 0 saturated carbocycles. The van der Waals surface area contributed by atoms with Gasteiger partial charge in [0.15, 0.2) is 0 Å². The largest absolute Gasteiger partial charge is 0.391 e. The van der Waals surface area contributed by atoms with E-state index in [1.165, 1.54) is 22.4 Å². The average Bonchev–Trinajstić information content (AvgIpc) is 2.36. The van der Waals surface area contributed by atoms with E-state index in [4.69, 9.17) is 11.6 Å². The number of hydrazone groups is 1. The van der Waals surface area contributed by atoms with Gasteiger partial charge in [-0.2, -0.15) is 5.10 Å². The van der Waals surface area contributed by atoms with E-state index in [0.717, 1.165) is 5.04 Å². The van der Waals surface area contributed by atoms with Crippen molar-refractivity contribution in [1.29, 1.82) is 0 Å². The quantitative estimate of drug-likeness (QED) is 0.797. The summed E-state index contributed by atoms with van der Waals surface area (Å²) < 4.78 is 1.51. The molecule has 0 bridgehead atoms. The minimum absolute atomic E-state index is 0.115. The van der Waals surface area contributed by atoms with Gasteiger partial charge in [-0.05, 0) is 6.92 Å². The van der Waals surface area contributed by atoms with Gasteiger partial charge in [0, 0.05) is 23.4 Å². The molecule has 6 nitrogen and oxygen atoms in total. The lowest BCUT2D eigenvalue weighted by Gasteiger charge is -2.18. The first-order valence-electron chi connectivity index (χ1n) is 5.38. The van der Waals surface area contributed by atoms with Gasteiger partial charge < -0.3 is 5.11 Å². The van der Waals surface area contributed by atoms with Crippen molar-refractivity contribution < 1.29 is 5.11 Å². The number of aliphatic hydroxyl groups excluding tert-OH is 1. The summed E-state index contributed by atoms with van der Waals surface area (Å²) in [7, 11) is 0. The van der Waals surface area contributed by atoms with Gasteiger partial charge in [-0.25, -0.2) is 10.4 Å². The van der Waals surface area contributed by atoms with Crippen LogP contribution in [-0.4, -0.2) is 37.4 Å². The molecule has 1 atom stereocenters. The minimum atomic E-state index is -0.575. The van der Waals surface area contributed by atoms with E-state index >= 15 is 0 Å². The SMILES string of the molecule is Cc1cc(=O)n2c(n1)NN=C(SCC(O)CCl)C2. The summed E-state index contributed by atoms with van der Waals surface area (Å²) in [5, 5.41) is 14.2. The van der Waals surface area contributed by atoms with Gasteiger partial charge >= 0.3 is 0 Å². The van der Waals surface area contributed by atoms with Crippen LogP contribution in [0.4, 0.5) is 5.95 Å². The van der Waals surface area contributed by atoms with Crippen molar-refractivity contribution in [2.24, 2.45) is 5.10 Å². The zero-order valence-corrected chi connectivity index (χ0v) is 11.3. The van der Waals surface area contributed by atoms with Crippen LogP contribution in [0.5, 0.6) is 0 Å². The molecule has 0 aromatic carbocycles. The number of aliphatic hydroxyl groups is 1. The number of alkyl halides is 1. The topological polar surface area (TPSA) is 79.5 Å². The highest BCUT2D eigenvalue weighted by Gasteiger charge is 2.16. The maximum Gasteiger partial charge on any atom is 0.255 e. The van der Waals surface area contributed by atoms with Crippen LogP contribution in [0.3, 0.4) is 0 Å². The first kappa shape index (κ1) is 13.4. The number of aryl methyl sites for hydroxylation is 1. The summed E-state index contributed by atoms with van der Waals surface area (Å²) in [5.41, 5.74) is 3.28. The van der Waals surface area contributed by atoms with Gasteiger partial charge in [-0.3, -0.25) is 9.36 Å². The fourth-order valence-corrected chi connectivity index (χ4v) is 2.53. The number of anilines is 1. The molecule has 1 aliphatic heterocycles. The first-order chi connectivity index (χ1) is 8.60. The second-order valence-electron chi connectivity index (χ2n) is 3.88. The van der Waals surface area contributed by atoms with E-state index in [-0.39, 0.29) is 11.4 Å². The van der Waals surface area contributed by atoms with Crippen molar-refractivity contribution in [3.05, 3.63) is 22.1 Å². The Hall–Kier alpha value is -1.05. The monoisotopic (exact) mass is 288 g/mol. The summed E-state index contributed by atoms with van der Waals surface area (Å²) in [5.74, 6) is 1.08. The number of fused-ring (bicyclic) bond motifs is 1. The fourth-order valence-electron chi connectivity index (χ4n) is 1.46. The van der Waals surface area contributed by atoms with Crippen LogP contribution in [0.2, 0.25) is 0 Å². The van der Waals surface area contributed by atoms with Crippen LogP contribution in [-0.2, 0) is 6.54 Å². The maximum atomic E-state index is 11.8. The predicted molar refractivity (Wildman–Crippen MR) is 73.5 cm³/mol. The van der Waals surface area contributed by atoms with Gasteiger partial charge in [0.25, 0.3) is 5.56 Å². The number of nitrogens with zero attached hydrogens (tertiary/aromatic N) is 3. The Morgan fingerprint density at radius 3 is 3.22 bits per heavy atom. The molecule has 2 heterocycles. The van der Waals surface area contributed by atoms with Crippen molar-refractivity contribution in [2.75, 3.05) is 17.1 Å². The number of aromatic nitrogens is 2. The van der Waals surface area contributed by atoms with Crippen LogP contribution in [0.1, 0.15) is 5.69 Å². The third-order valence-electron chi connectivity index (χ3n) is 2.33. The third-order valence-corrected chi connectivity index (χ3v) is 3.79. The molecule has 0 fully saturated rings. The van der Waals surface area contributed by atoms with Crippen molar-refractivity contribution in [3.8, 4) is 0 Å². The lowest BCUT2D eigenvalue weighted by Crippen LogP contribution is -2.30. The van der Waals surface area contributed by atoms with E-state index in [1.807, 2.05) is 0 Å². The number of nitrogens with one attached hydrogen (secondary N) is 1.